The number of piperidine rings is 1. The summed E-state index contributed by atoms with van der Waals surface area (Å²) in [5.74, 6) is 1.77. The summed E-state index contributed by atoms with van der Waals surface area (Å²) in [5, 5.41) is 8.69. The first-order valence-electron chi connectivity index (χ1n) is 8.50. The van der Waals surface area contributed by atoms with Gasteiger partial charge in [0.2, 0.25) is 11.8 Å². The van der Waals surface area contributed by atoms with Crippen LogP contribution >= 0.6 is 0 Å². The number of likely N-dealkylation sites (tertiary alicyclic amines) is 1. The highest BCUT2D eigenvalue weighted by atomic mass is 16.4. The van der Waals surface area contributed by atoms with Crippen molar-refractivity contribution in [1.82, 2.24) is 19.9 Å². The van der Waals surface area contributed by atoms with E-state index in [1.165, 1.54) is 5.57 Å². The zero-order valence-corrected chi connectivity index (χ0v) is 14.0. The van der Waals surface area contributed by atoms with E-state index in [0.717, 1.165) is 56.0 Å². The molecule has 2 saturated heterocycles. The standard InChI is InChI=1S/C18H21BN4O/c1-22-11-15(12-22)17-20-21-18(24-17)16(13-5-3-2-4-6-13)14-7-9-23(19)10-8-14/h2-6,15H,7-12H2,1H3. The molecule has 2 aliphatic rings. The number of likely N-dealkylation sites (N-methyl/N-ethyl adjacent to an activating group) is 1. The smallest absolute Gasteiger partial charge is 0.248 e. The van der Waals surface area contributed by atoms with Gasteiger partial charge in [-0.15, -0.1) is 10.2 Å². The molecule has 0 N–H and O–H groups in total. The molecule has 4 rings (SSSR count). The average molecular weight is 320 g/mol. The van der Waals surface area contributed by atoms with Crippen LogP contribution < -0.4 is 0 Å². The number of nitrogens with zero attached hydrogens (tertiary/aromatic N) is 4. The molecule has 0 amide bonds. The Morgan fingerprint density at radius 1 is 1.12 bits per heavy atom. The minimum absolute atomic E-state index is 0.365. The van der Waals surface area contributed by atoms with Crippen molar-refractivity contribution >= 4 is 13.6 Å². The molecular formula is C18H21BN4O. The Balaban J connectivity index is 1.70. The van der Waals surface area contributed by atoms with Gasteiger partial charge >= 0.3 is 0 Å². The topological polar surface area (TPSA) is 45.4 Å². The van der Waals surface area contributed by atoms with Gasteiger partial charge in [-0.3, -0.25) is 0 Å². The second-order valence-corrected chi connectivity index (χ2v) is 6.74. The fourth-order valence-electron chi connectivity index (χ4n) is 3.48. The minimum Gasteiger partial charge on any atom is -0.420 e. The van der Waals surface area contributed by atoms with E-state index < -0.39 is 0 Å². The van der Waals surface area contributed by atoms with Crippen molar-refractivity contribution in [2.24, 2.45) is 0 Å². The zero-order valence-electron chi connectivity index (χ0n) is 14.0. The first kappa shape index (κ1) is 15.6. The molecule has 122 valence electrons. The van der Waals surface area contributed by atoms with Gasteiger partial charge < -0.3 is 14.1 Å². The average Bonchev–Trinajstić information content (AvgIpc) is 3.04. The van der Waals surface area contributed by atoms with E-state index in [2.05, 4.69) is 34.3 Å². The van der Waals surface area contributed by atoms with Crippen LogP contribution in [0.15, 0.2) is 40.3 Å². The number of benzene rings is 1. The summed E-state index contributed by atoms with van der Waals surface area (Å²) < 4.78 is 6.08. The van der Waals surface area contributed by atoms with E-state index >= 15 is 0 Å². The molecule has 1 aromatic heterocycles. The van der Waals surface area contributed by atoms with E-state index in [4.69, 9.17) is 12.4 Å². The van der Waals surface area contributed by atoms with Crippen molar-refractivity contribution in [1.29, 1.82) is 0 Å². The van der Waals surface area contributed by atoms with Crippen molar-refractivity contribution in [3.8, 4) is 0 Å². The highest BCUT2D eigenvalue weighted by Gasteiger charge is 2.30. The maximum atomic E-state index is 6.08. The van der Waals surface area contributed by atoms with Crippen molar-refractivity contribution < 1.29 is 4.42 Å². The Bertz CT molecular complexity index is 726. The lowest BCUT2D eigenvalue weighted by Gasteiger charge is -2.33. The SMILES string of the molecule is [B]N1CCC(=C(c2ccccc2)c2nnc(C3CN(C)C3)o2)CC1. The highest BCUT2D eigenvalue weighted by molar-refractivity contribution is 6.04. The number of hydrogen-bond acceptors (Lipinski definition) is 5. The molecule has 0 spiro atoms. The fourth-order valence-corrected chi connectivity index (χ4v) is 3.48. The van der Waals surface area contributed by atoms with Crippen LogP contribution in [0.4, 0.5) is 0 Å². The molecule has 2 radical (unpaired) electrons. The van der Waals surface area contributed by atoms with Gasteiger partial charge in [0.05, 0.1) is 5.92 Å². The van der Waals surface area contributed by atoms with Gasteiger partial charge in [0.15, 0.2) is 7.98 Å². The third kappa shape index (κ3) is 3.04. The predicted octanol–water partition coefficient (Wildman–Crippen LogP) is 2.08. The quantitative estimate of drug-likeness (QED) is 0.810. The van der Waals surface area contributed by atoms with Gasteiger partial charge in [-0.2, -0.15) is 0 Å². The molecule has 0 saturated carbocycles. The molecule has 2 aromatic rings. The van der Waals surface area contributed by atoms with E-state index in [0.29, 0.717) is 11.8 Å². The molecular weight excluding hydrogens is 299 g/mol. The first-order valence-corrected chi connectivity index (χ1v) is 8.50. The Kier molecular flexibility index (Phi) is 4.25. The van der Waals surface area contributed by atoms with Crippen molar-refractivity contribution in [3.63, 3.8) is 0 Å². The first-order chi connectivity index (χ1) is 11.7. The monoisotopic (exact) mass is 320 g/mol. The van der Waals surface area contributed by atoms with Crippen molar-refractivity contribution in [3.05, 3.63) is 53.2 Å². The van der Waals surface area contributed by atoms with Crippen LogP contribution in [0.1, 0.15) is 36.1 Å². The lowest BCUT2D eigenvalue weighted by Crippen LogP contribution is -2.41. The van der Waals surface area contributed by atoms with Gasteiger partial charge in [-0.25, -0.2) is 0 Å². The highest BCUT2D eigenvalue weighted by Crippen LogP contribution is 2.33. The largest absolute Gasteiger partial charge is 0.420 e. The van der Waals surface area contributed by atoms with Gasteiger partial charge in [-0.1, -0.05) is 35.9 Å². The van der Waals surface area contributed by atoms with Crippen LogP contribution in [0.3, 0.4) is 0 Å². The summed E-state index contributed by atoms with van der Waals surface area (Å²) in [4.78, 5) is 4.12. The summed E-state index contributed by atoms with van der Waals surface area (Å²) >= 11 is 0. The van der Waals surface area contributed by atoms with E-state index in [9.17, 15) is 0 Å². The predicted molar refractivity (Wildman–Crippen MR) is 93.6 cm³/mol. The molecule has 0 aliphatic carbocycles. The molecule has 1 aromatic carbocycles. The third-order valence-corrected chi connectivity index (χ3v) is 4.89. The van der Waals surface area contributed by atoms with Crippen LogP contribution in [-0.2, 0) is 0 Å². The summed E-state index contributed by atoms with van der Waals surface area (Å²) in [6.07, 6.45) is 1.87. The molecule has 2 aliphatic heterocycles. The fraction of sp³-hybridized carbons (Fsp3) is 0.444. The number of hydrogen-bond donors (Lipinski definition) is 0. The van der Waals surface area contributed by atoms with Crippen molar-refractivity contribution in [2.75, 3.05) is 33.2 Å². The van der Waals surface area contributed by atoms with E-state index in [1.54, 1.807) is 0 Å². The van der Waals surface area contributed by atoms with Crippen LogP contribution in [0, 0.1) is 0 Å². The van der Waals surface area contributed by atoms with Gasteiger partial charge in [-0.05, 0) is 38.5 Å². The minimum atomic E-state index is 0.365. The van der Waals surface area contributed by atoms with Crippen LogP contribution in [0.25, 0.3) is 5.57 Å². The maximum Gasteiger partial charge on any atom is 0.248 e. The van der Waals surface area contributed by atoms with Gasteiger partial charge in [0.1, 0.15) is 0 Å². The van der Waals surface area contributed by atoms with Gasteiger partial charge in [0.25, 0.3) is 0 Å². The molecule has 3 heterocycles. The normalized spacial score (nSPS) is 20.1. The Hall–Kier alpha value is -1.92. The van der Waals surface area contributed by atoms with E-state index in [-0.39, 0.29) is 0 Å². The maximum absolute atomic E-state index is 6.08. The third-order valence-electron chi connectivity index (χ3n) is 4.89. The molecule has 0 atom stereocenters. The summed E-state index contributed by atoms with van der Waals surface area (Å²) in [6, 6.07) is 10.3. The summed E-state index contributed by atoms with van der Waals surface area (Å²) in [6.45, 7) is 3.70. The Morgan fingerprint density at radius 3 is 2.50 bits per heavy atom. The summed E-state index contributed by atoms with van der Waals surface area (Å²) in [7, 11) is 8.01. The van der Waals surface area contributed by atoms with Crippen LogP contribution in [-0.4, -0.2) is 61.1 Å². The second kappa shape index (κ2) is 6.53. The van der Waals surface area contributed by atoms with Gasteiger partial charge in [0, 0.05) is 18.7 Å². The molecule has 24 heavy (non-hydrogen) atoms. The van der Waals surface area contributed by atoms with E-state index in [1.807, 2.05) is 23.0 Å². The second-order valence-electron chi connectivity index (χ2n) is 6.74. The lowest BCUT2D eigenvalue weighted by molar-refractivity contribution is 0.166. The van der Waals surface area contributed by atoms with Crippen LogP contribution in [0.5, 0.6) is 0 Å². The molecule has 6 heteroatoms. The molecule has 0 unspecified atom stereocenters. The molecule has 2 fully saturated rings. The van der Waals surface area contributed by atoms with Crippen molar-refractivity contribution in [2.45, 2.75) is 18.8 Å². The Morgan fingerprint density at radius 2 is 1.83 bits per heavy atom. The molecule has 5 nitrogen and oxygen atoms in total. The number of rotatable bonds is 3. The summed E-state index contributed by atoms with van der Waals surface area (Å²) in [5.41, 5.74) is 3.58. The zero-order chi connectivity index (χ0) is 16.5. The lowest BCUT2D eigenvalue weighted by atomic mass is 9.92. The molecule has 0 bridgehead atoms. The van der Waals surface area contributed by atoms with Crippen LogP contribution in [0.2, 0.25) is 0 Å². The number of aromatic nitrogens is 2. The Labute approximate surface area is 143 Å².